The van der Waals surface area contributed by atoms with Gasteiger partial charge in [-0.15, -0.1) is 0 Å². The fourth-order valence-corrected chi connectivity index (χ4v) is 3.35. The van der Waals surface area contributed by atoms with Crippen LogP contribution in [0.25, 0.3) is 0 Å². The lowest BCUT2D eigenvalue weighted by molar-refractivity contribution is 0.0745. The normalized spacial score (nSPS) is 14.6. The zero-order chi connectivity index (χ0) is 18.5. The molecule has 1 heterocycles. The highest BCUT2D eigenvalue weighted by Gasteiger charge is 2.21. The molecule has 0 aliphatic carbocycles. The molecule has 0 aromatic heterocycles. The van der Waals surface area contributed by atoms with Crippen molar-refractivity contribution in [3.8, 4) is 0 Å². The van der Waals surface area contributed by atoms with Gasteiger partial charge in [0.05, 0.1) is 11.3 Å². The fraction of sp³-hybridized carbons (Fsp3) is 0.250. The van der Waals surface area contributed by atoms with Crippen molar-refractivity contribution in [3.63, 3.8) is 0 Å². The lowest BCUT2D eigenvalue weighted by atomic mass is 10.0. The molecule has 1 saturated heterocycles. The van der Waals surface area contributed by atoms with Gasteiger partial charge >= 0.3 is 0 Å². The summed E-state index contributed by atoms with van der Waals surface area (Å²) in [6.07, 6.45) is 1.68. The average molecular weight is 374 g/mol. The first kappa shape index (κ1) is 18.5. The Morgan fingerprint density at radius 2 is 1.73 bits per heavy atom. The van der Waals surface area contributed by atoms with Crippen molar-refractivity contribution in [3.05, 3.63) is 66.2 Å². The summed E-state index contributed by atoms with van der Waals surface area (Å²) in [4.78, 5) is 15.2. The van der Waals surface area contributed by atoms with Gasteiger partial charge in [0, 0.05) is 23.7 Å². The smallest absolute Gasteiger partial charge is 0.288 e. The minimum Gasteiger partial charge on any atom is -0.355 e. The van der Waals surface area contributed by atoms with Crippen molar-refractivity contribution < 1.29 is 13.6 Å². The van der Waals surface area contributed by atoms with Gasteiger partial charge in [-0.2, -0.15) is 8.78 Å². The molecule has 136 valence electrons. The van der Waals surface area contributed by atoms with E-state index in [1.807, 2.05) is 23.1 Å². The Hall–Kier alpha value is -2.34. The van der Waals surface area contributed by atoms with Crippen LogP contribution in [0.4, 0.5) is 20.2 Å². The number of piperidine rings is 1. The number of halogens is 2. The number of likely N-dealkylation sites (tertiary alicyclic amines) is 1. The quantitative estimate of drug-likeness (QED) is 0.551. The molecular weight excluding hydrogens is 354 g/mol. The van der Waals surface area contributed by atoms with Crippen LogP contribution in [0.5, 0.6) is 0 Å². The number of anilines is 2. The highest BCUT2D eigenvalue weighted by Crippen LogP contribution is 2.28. The Labute approximate surface area is 156 Å². The second-order valence-electron chi connectivity index (χ2n) is 6.12. The van der Waals surface area contributed by atoms with Crippen LogP contribution < -0.4 is 5.32 Å². The Balaban J connectivity index is 1.74. The van der Waals surface area contributed by atoms with Crippen LogP contribution in [0.1, 0.15) is 23.2 Å². The van der Waals surface area contributed by atoms with E-state index in [2.05, 4.69) is 11.9 Å². The third-order valence-electron chi connectivity index (χ3n) is 4.27. The van der Waals surface area contributed by atoms with E-state index in [-0.39, 0.29) is 5.91 Å². The number of hydrogen-bond donors (Lipinski definition) is 1. The summed E-state index contributed by atoms with van der Waals surface area (Å²) in [6.45, 7) is 5.35. The van der Waals surface area contributed by atoms with Gasteiger partial charge in [0.1, 0.15) is 0 Å². The van der Waals surface area contributed by atoms with Crippen molar-refractivity contribution in [2.24, 2.45) is 0 Å². The minimum absolute atomic E-state index is 0.00882. The summed E-state index contributed by atoms with van der Waals surface area (Å²) in [7, 11) is 0. The van der Waals surface area contributed by atoms with Crippen molar-refractivity contribution in [2.75, 3.05) is 18.4 Å². The second-order valence-corrected chi connectivity index (χ2v) is 7.18. The van der Waals surface area contributed by atoms with E-state index in [0.717, 1.165) is 18.5 Å². The van der Waals surface area contributed by atoms with Crippen LogP contribution in [0.3, 0.4) is 0 Å². The molecule has 0 radical (unpaired) electrons. The van der Waals surface area contributed by atoms with Gasteiger partial charge in [-0.3, -0.25) is 4.79 Å². The fourth-order valence-electron chi connectivity index (χ4n) is 2.85. The van der Waals surface area contributed by atoms with Crippen molar-refractivity contribution >= 4 is 29.0 Å². The molecule has 1 amide bonds. The van der Waals surface area contributed by atoms with E-state index in [1.165, 1.54) is 5.57 Å². The van der Waals surface area contributed by atoms with Crippen LogP contribution in [0, 0.1) is 0 Å². The maximum absolute atomic E-state index is 12.9. The number of carbonyl (C=O) groups excluding carboxylic acids is 1. The molecule has 1 aliphatic rings. The van der Waals surface area contributed by atoms with Gasteiger partial charge < -0.3 is 10.2 Å². The number of thioether (sulfide) groups is 1. The van der Waals surface area contributed by atoms with Gasteiger partial charge in [-0.05, 0) is 49.2 Å². The second kappa shape index (κ2) is 8.36. The minimum atomic E-state index is -2.44. The van der Waals surface area contributed by atoms with Gasteiger partial charge in [-0.25, -0.2) is 0 Å². The summed E-state index contributed by atoms with van der Waals surface area (Å²) in [5.74, 6) is -2.45. The molecule has 1 N–H and O–H groups in total. The maximum atomic E-state index is 12.9. The molecule has 6 heteroatoms. The molecular formula is C20H20F2N2OS. The highest BCUT2D eigenvalue weighted by molar-refractivity contribution is 7.99. The van der Waals surface area contributed by atoms with Gasteiger partial charge in [0.2, 0.25) is 0 Å². The summed E-state index contributed by atoms with van der Waals surface area (Å²) < 4.78 is 24.8. The zero-order valence-electron chi connectivity index (χ0n) is 14.3. The van der Waals surface area contributed by atoms with E-state index in [1.54, 1.807) is 30.3 Å². The number of alkyl halides is 2. The van der Waals surface area contributed by atoms with Gasteiger partial charge in [0.15, 0.2) is 0 Å². The van der Waals surface area contributed by atoms with Crippen molar-refractivity contribution in [2.45, 2.75) is 23.5 Å². The Morgan fingerprint density at radius 1 is 1.08 bits per heavy atom. The molecule has 3 nitrogen and oxygen atoms in total. The van der Waals surface area contributed by atoms with E-state index >= 15 is 0 Å². The third kappa shape index (κ3) is 4.64. The molecule has 26 heavy (non-hydrogen) atoms. The number of nitrogens with zero attached hydrogens (tertiary/aromatic N) is 1. The van der Waals surface area contributed by atoms with Gasteiger partial charge in [-0.1, -0.05) is 36.0 Å². The summed E-state index contributed by atoms with van der Waals surface area (Å²) in [6, 6.07) is 14.1. The van der Waals surface area contributed by atoms with Crippen LogP contribution >= 0.6 is 11.8 Å². The highest BCUT2D eigenvalue weighted by atomic mass is 32.2. The maximum Gasteiger partial charge on any atom is 0.288 e. The standard InChI is InChI=1S/C20H20F2N2OS/c1-14-10-12-24(13-11-14)19(25)17-4-2-3-5-18(17)23-15-6-8-16(9-7-15)26-20(21)22/h2-9,20,23H,1,10-13H2. The first-order chi connectivity index (χ1) is 12.5. The first-order valence-electron chi connectivity index (χ1n) is 8.40. The van der Waals surface area contributed by atoms with Crippen LogP contribution in [0.2, 0.25) is 0 Å². The van der Waals surface area contributed by atoms with E-state index in [0.29, 0.717) is 41.0 Å². The summed E-state index contributed by atoms with van der Waals surface area (Å²) in [5.41, 5.74) is 3.24. The zero-order valence-corrected chi connectivity index (χ0v) is 15.1. The number of para-hydroxylation sites is 1. The molecule has 0 saturated carbocycles. The monoisotopic (exact) mass is 374 g/mol. The van der Waals surface area contributed by atoms with Crippen molar-refractivity contribution in [1.29, 1.82) is 0 Å². The Kier molecular flexibility index (Phi) is 5.93. The Morgan fingerprint density at radius 3 is 2.38 bits per heavy atom. The lowest BCUT2D eigenvalue weighted by Gasteiger charge is -2.28. The first-order valence-corrected chi connectivity index (χ1v) is 9.28. The third-order valence-corrected chi connectivity index (χ3v) is 5.00. The summed E-state index contributed by atoms with van der Waals surface area (Å²) in [5, 5.41) is 3.22. The van der Waals surface area contributed by atoms with E-state index in [4.69, 9.17) is 0 Å². The molecule has 1 aliphatic heterocycles. The number of rotatable bonds is 5. The van der Waals surface area contributed by atoms with Crippen LogP contribution in [-0.4, -0.2) is 29.7 Å². The number of amides is 1. The predicted octanol–water partition coefficient (Wildman–Crippen LogP) is 5.54. The summed E-state index contributed by atoms with van der Waals surface area (Å²) >= 11 is 0.511. The molecule has 0 bridgehead atoms. The number of benzene rings is 2. The van der Waals surface area contributed by atoms with Crippen LogP contribution in [-0.2, 0) is 0 Å². The topological polar surface area (TPSA) is 32.3 Å². The Bertz CT molecular complexity index is 783. The van der Waals surface area contributed by atoms with Gasteiger partial charge in [0.25, 0.3) is 11.7 Å². The SMILES string of the molecule is C=C1CCN(C(=O)c2ccccc2Nc2ccc(SC(F)F)cc2)CC1. The largest absolute Gasteiger partial charge is 0.355 e. The molecule has 2 aromatic rings. The number of hydrogen-bond acceptors (Lipinski definition) is 3. The molecule has 2 aromatic carbocycles. The molecule has 3 rings (SSSR count). The predicted molar refractivity (Wildman–Crippen MR) is 102 cm³/mol. The molecule has 0 atom stereocenters. The number of carbonyl (C=O) groups is 1. The van der Waals surface area contributed by atoms with Crippen LogP contribution in [0.15, 0.2) is 65.6 Å². The average Bonchev–Trinajstić information content (AvgIpc) is 2.63. The molecule has 0 spiro atoms. The van der Waals surface area contributed by atoms with E-state index < -0.39 is 5.76 Å². The number of nitrogens with one attached hydrogen (secondary N) is 1. The molecule has 1 fully saturated rings. The molecule has 0 unspecified atom stereocenters. The van der Waals surface area contributed by atoms with E-state index in [9.17, 15) is 13.6 Å². The lowest BCUT2D eigenvalue weighted by Crippen LogP contribution is -2.36. The van der Waals surface area contributed by atoms with Crippen molar-refractivity contribution in [1.82, 2.24) is 4.90 Å².